The van der Waals surface area contributed by atoms with Crippen molar-refractivity contribution in [1.82, 2.24) is 24.9 Å². The first-order chi connectivity index (χ1) is 14.8. The Labute approximate surface area is 184 Å². The molecule has 2 amide bonds. The zero-order valence-electron chi connectivity index (χ0n) is 19.0. The molecule has 2 aliphatic heterocycles. The number of carbonyl (C=O) groups excluding carboxylic acids is 2. The summed E-state index contributed by atoms with van der Waals surface area (Å²) in [6.45, 7) is 12.3. The van der Waals surface area contributed by atoms with Gasteiger partial charge in [-0.05, 0) is 33.3 Å². The summed E-state index contributed by atoms with van der Waals surface area (Å²) in [7, 11) is 0. The highest BCUT2D eigenvalue weighted by molar-refractivity contribution is 5.96. The summed E-state index contributed by atoms with van der Waals surface area (Å²) in [6.07, 6.45) is 1.67. The molecule has 7 heteroatoms. The van der Waals surface area contributed by atoms with Crippen molar-refractivity contribution in [2.24, 2.45) is 11.3 Å². The minimum absolute atomic E-state index is 0.0207. The summed E-state index contributed by atoms with van der Waals surface area (Å²) in [6, 6.07) is 10.5. The van der Waals surface area contributed by atoms with Crippen molar-refractivity contribution in [2.45, 2.75) is 46.8 Å². The van der Waals surface area contributed by atoms with Gasteiger partial charge in [0.1, 0.15) is 0 Å². The van der Waals surface area contributed by atoms with Crippen molar-refractivity contribution in [3.63, 3.8) is 0 Å². The molecule has 1 unspecified atom stereocenters. The van der Waals surface area contributed by atoms with Gasteiger partial charge in [-0.25, -0.2) is 0 Å². The van der Waals surface area contributed by atoms with Crippen molar-refractivity contribution in [3.05, 3.63) is 53.3 Å². The second-order valence-corrected chi connectivity index (χ2v) is 9.35. The van der Waals surface area contributed by atoms with E-state index in [2.05, 4.69) is 27.4 Å². The number of carbonyl (C=O) groups is 2. The third kappa shape index (κ3) is 4.11. The minimum Gasteiger partial charge on any atom is -0.354 e. The quantitative estimate of drug-likeness (QED) is 0.774. The molecule has 7 nitrogen and oxygen atoms in total. The van der Waals surface area contributed by atoms with Gasteiger partial charge in [0.25, 0.3) is 5.91 Å². The summed E-state index contributed by atoms with van der Waals surface area (Å²) >= 11 is 0. The molecule has 166 valence electrons. The highest BCUT2D eigenvalue weighted by Gasteiger charge is 2.57. The lowest BCUT2D eigenvalue weighted by Crippen LogP contribution is -2.64. The molecule has 4 rings (SSSR count). The molecular formula is C24H33N5O2. The fourth-order valence-electron chi connectivity index (χ4n) is 5.10. The van der Waals surface area contributed by atoms with Gasteiger partial charge in [-0.3, -0.25) is 19.2 Å². The van der Waals surface area contributed by atoms with Gasteiger partial charge >= 0.3 is 0 Å². The van der Waals surface area contributed by atoms with E-state index in [0.717, 1.165) is 31.9 Å². The van der Waals surface area contributed by atoms with E-state index in [1.165, 1.54) is 5.56 Å². The molecule has 0 radical (unpaired) electrons. The summed E-state index contributed by atoms with van der Waals surface area (Å²) in [5, 5.41) is 7.42. The number of amides is 2. The Morgan fingerprint density at radius 2 is 1.90 bits per heavy atom. The molecule has 0 bridgehead atoms. The maximum atomic E-state index is 13.1. The molecule has 1 aromatic heterocycles. The molecule has 31 heavy (non-hydrogen) atoms. The number of benzene rings is 1. The third-order valence-corrected chi connectivity index (χ3v) is 6.65. The lowest BCUT2D eigenvalue weighted by Gasteiger charge is -2.50. The predicted molar refractivity (Wildman–Crippen MR) is 119 cm³/mol. The van der Waals surface area contributed by atoms with E-state index in [4.69, 9.17) is 0 Å². The first-order valence-corrected chi connectivity index (χ1v) is 11.2. The van der Waals surface area contributed by atoms with Crippen molar-refractivity contribution in [2.75, 3.05) is 26.2 Å². The minimum atomic E-state index is -0.182. The molecule has 0 aliphatic carbocycles. The topological polar surface area (TPSA) is 70.5 Å². The lowest BCUT2D eigenvalue weighted by molar-refractivity contribution is -0.131. The van der Waals surface area contributed by atoms with Crippen LogP contribution in [0.2, 0.25) is 0 Å². The average molecular weight is 424 g/mol. The Hall–Kier alpha value is -2.67. The van der Waals surface area contributed by atoms with E-state index in [-0.39, 0.29) is 29.2 Å². The fraction of sp³-hybridized carbons (Fsp3) is 0.542. The standard InChI is InChI=1S/C24H33N5O2/c1-5-29-18(4)20(11-25-29)23(31)28-15-24(16-28)14-27(12-19-9-7-6-8-10-19)13-21(24)22(30)26-17(2)3/h6-11,17,21H,5,12-16H2,1-4H3,(H,26,30). The highest BCUT2D eigenvalue weighted by Crippen LogP contribution is 2.45. The van der Waals surface area contributed by atoms with E-state index in [1.807, 2.05) is 55.5 Å². The Kier molecular flexibility index (Phi) is 5.88. The Morgan fingerprint density at radius 1 is 1.19 bits per heavy atom. The zero-order valence-corrected chi connectivity index (χ0v) is 19.0. The molecule has 2 aliphatic rings. The third-order valence-electron chi connectivity index (χ3n) is 6.65. The van der Waals surface area contributed by atoms with Crippen molar-refractivity contribution in [3.8, 4) is 0 Å². The van der Waals surface area contributed by atoms with Crippen LogP contribution in [0.4, 0.5) is 0 Å². The maximum Gasteiger partial charge on any atom is 0.257 e. The van der Waals surface area contributed by atoms with Crippen LogP contribution in [0.1, 0.15) is 42.4 Å². The second-order valence-electron chi connectivity index (χ2n) is 9.35. The number of nitrogens with one attached hydrogen (secondary N) is 1. The van der Waals surface area contributed by atoms with Crippen LogP contribution in [0.3, 0.4) is 0 Å². The Balaban J connectivity index is 1.49. The largest absolute Gasteiger partial charge is 0.354 e. The first kappa shape index (κ1) is 21.6. The number of aromatic nitrogens is 2. The molecule has 2 fully saturated rings. The number of nitrogens with zero attached hydrogens (tertiary/aromatic N) is 4. The number of hydrogen-bond donors (Lipinski definition) is 1. The van der Waals surface area contributed by atoms with Crippen LogP contribution in [0.15, 0.2) is 36.5 Å². The van der Waals surface area contributed by atoms with Crippen LogP contribution in [-0.2, 0) is 17.9 Å². The normalized spacial score (nSPS) is 20.3. The number of rotatable bonds is 6. The average Bonchev–Trinajstić information content (AvgIpc) is 3.27. The van der Waals surface area contributed by atoms with Crippen molar-refractivity contribution in [1.29, 1.82) is 0 Å². The van der Waals surface area contributed by atoms with Crippen LogP contribution in [0, 0.1) is 18.3 Å². The molecule has 0 saturated carbocycles. The predicted octanol–water partition coefficient (Wildman–Crippen LogP) is 2.31. The first-order valence-electron chi connectivity index (χ1n) is 11.2. The van der Waals surface area contributed by atoms with Crippen molar-refractivity contribution < 1.29 is 9.59 Å². The highest BCUT2D eigenvalue weighted by atomic mass is 16.2. The molecular weight excluding hydrogens is 390 g/mol. The summed E-state index contributed by atoms with van der Waals surface area (Å²) in [5.74, 6) is 0.0159. The van der Waals surface area contributed by atoms with Gasteiger partial charge in [-0.15, -0.1) is 0 Å². The SMILES string of the molecule is CCn1ncc(C(=O)N2CC3(CN(Cc4ccccc4)CC3C(=O)NC(C)C)C2)c1C. The fourth-order valence-corrected chi connectivity index (χ4v) is 5.10. The van der Waals surface area contributed by atoms with Crippen molar-refractivity contribution >= 4 is 11.8 Å². The van der Waals surface area contributed by atoms with Crippen LogP contribution in [-0.4, -0.2) is 63.6 Å². The molecule has 1 N–H and O–H groups in total. The smallest absolute Gasteiger partial charge is 0.257 e. The molecule has 3 heterocycles. The van der Waals surface area contributed by atoms with E-state index >= 15 is 0 Å². The van der Waals surface area contributed by atoms with Gasteiger partial charge in [0.05, 0.1) is 17.7 Å². The van der Waals surface area contributed by atoms with Gasteiger partial charge in [0.2, 0.25) is 5.91 Å². The molecule has 1 atom stereocenters. The monoisotopic (exact) mass is 423 g/mol. The second kappa shape index (κ2) is 8.46. The molecule has 2 saturated heterocycles. The van der Waals surface area contributed by atoms with Crippen LogP contribution in [0.25, 0.3) is 0 Å². The maximum absolute atomic E-state index is 13.1. The van der Waals surface area contributed by atoms with E-state index in [0.29, 0.717) is 18.7 Å². The van der Waals surface area contributed by atoms with Gasteiger partial charge in [0, 0.05) is 56.4 Å². The van der Waals surface area contributed by atoms with Gasteiger partial charge in [0.15, 0.2) is 0 Å². The number of aryl methyl sites for hydroxylation is 1. The summed E-state index contributed by atoms with van der Waals surface area (Å²) in [4.78, 5) is 30.4. The summed E-state index contributed by atoms with van der Waals surface area (Å²) < 4.78 is 1.85. The number of likely N-dealkylation sites (tertiary alicyclic amines) is 2. The zero-order chi connectivity index (χ0) is 22.2. The molecule has 1 aromatic carbocycles. The van der Waals surface area contributed by atoms with Gasteiger partial charge < -0.3 is 10.2 Å². The molecule has 2 aromatic rings. The van der Waals surface area contributed by atoms with Gasteiger partial charge in [-0.1, -0.05) is 30.3 Å². The van der Waals surface area contributed by atoms with Crippen LogP contribution in [0.5, 0.6) is 0 Å². The van der Waals surface area contributed by atoms with Crippen LogP contribution >= 0.6 is 0 Å². The molecule has 1 spiro atoms. The van der Waals surface area contributed by atoms with Crippen LogP contribution < -0.4 is 5.32 Å². The summed E-state index contributed by atoms with van der Waals surface area (Å²) in [5.41, 5.74) is 2.63. The lowest BCUT2D eigenvalue weighted by atomic mass is 9.71. The number of hydrogen-bond acceptors (Lipinski definition) is 4. The Morgan fingerprint density at radius 3 is 2.52 bits per heavy atom. The van der Waals surface area contributed by atoms with E-state index < -0.39 is 0 Å². The van der Waals surface area contributed by atoms with E-state index in [9.17, 15) is 9.59 Å². The van der Waals surface area contributed by atoms with Gasteiger partial charge in [-0.2, -0.15) is 5.10 Å². The Bertz CT molecular complexity index is 946. The van der Waals surface area contributed by atoms with E-state index in [1.54, 1.807) is 6.20 Å².